The van der Waals surface area contributed by atoms with Crippen molar-refractivity contribution in [2.24, 2.45) is 7.05 Å². The molecule has 19 heavy (non-hydrogen) atoms. The summed E-state index contributed by atoms with van der Waals surface area (Å²) in [4.78, 5) is 13.8. The van der Waals surface area contributed by atoms with Gasteiger partial charge < -0.3 is 15.0 Å². The number of ether oxygens (including phenoxy) is 1. The Balaban J connectivity index is 1.74. The molecule has 0 aromatic carbocycles. The first-order valence-electron chi connectivity index (χ1n) is 6.70. The van der Waals surface area contributed by atoms with Crippen LogP contribution in [-0.2, 0) is 18.2 Å². The van der Waals surface area contributed by atoms with Crippen LogP contribution < -0.4 is 5.32 Å². The molecule has 106 valence electrons. The third kappa shape index (κ3) is 3.96. The highest BCUT2D eigenvalue weighted by atomic mass is 16.5. The molecule has 1 saturated heterocycles. The van der Waals surface area contributed by atoms with Crippen molar-refractivity contribution < 1.29 is 9.53 Å². The predicted octanol–water partition coefficient (Wildman–Crippen LogP) is 0.781. The van der Waals surface area contributed by atoms with Crippen molar-refractivity contribution in [1.82, 2.24) is 20.0 Å². The van der Waals surface area contributed by atoms with E-state index in [9.17, 15) is 4.79 Å². The molecule has 1 aliphatic rings. The molecule has 0 spiro atoms. The van der Waals surface area contributed by atoms with E-state index in [1.807, 2.05) is 38.2 Å². The van der Waals surface area contributed by atoms with Gasteiger partial charge in [-0.05, 0) is 25.8 Å². The predicted molar refractivity (Wildman–Crippen MR) is 71.9 cm³/mol. The highest BCUT2D eigenvalue weighted by Crippen LogP contribution is 2.10. The van der Waals surface area contributed by atoms with Gasteiger partial charge in [-0.2, -0.15) is 5.10 Å². The fraction of sp³-hybridized carbons (Fsp3) is 0.692. The van der Waals surface area contributed by atoms with E-state index in [-0.39, 0.29) is 18.2 Å². The molecule has 1 aliphatic heterocycles. The number of morpholine rings is 1. The van der Waals surface area contributed by atoms with Gasteiger partial charge in [-0.25, -0.2) is 4.79 Å². The molecule has 1 aromatic rings. The van der Waals surface area contributed by atoms with Gasteiger partial charge in [-0.15, -0.1) is 0 Å². The van der Waals surface area contributed by atoms with Gasteiger partial charge in [0.2, 0.25) is 0 Å². The summed E-state index contributed by atoms with van der Waals surface area (Å²) >= 11 is 0. The van der Waals surface area contributed by atoms with Gasteiger partial charge in [0.25, 0.3) is 0 Å². The third-order valence-corrected chi connectivity index (χ3v) is 3.16. The van der Waals surface area contributed by atoms with Crippen LogP contribution in [0.4, 0.5) is 4.79 Å². The van der Waals surface area contributed by atoms with Crippen LogP contribution in [0.1, 0.15) is 19.4 Å². The number of rotatable bonds is 3. The highest BCUT2D eigenvalue weighted by Gasteiger charge is 2.25. The summed E-state index contributed by atoms with van der Waals surface area (Å²) in [5.74, 6) is 0. The lowest BCUT2D eigenvalue weighted by atomic mass is 10.2. The minimum atomic E-state index is -0.00843. The van der Waals surface area contributed by atoms with Crippen LogP contribution in [0.3, 0.4) is 0 Å². The summed E-state index contributed by atoms with van der Waals surface area (Å²) in [5.41, 5.74) is 1.13. The molecule has 6 nitrogen and oxygen atoms in total. The maximum absolute atomic E-state index is 12.0. The zero-order valence-corrected chi connectivity index (χ0v) is 11.8. The summed E-state index contributed by atoms with van der Waals surface area (Å²) in [6.45, 7) is 5.92. The number of aryl methyl sites for hydroxylation is 1. The normalized spacial score (nSPS) is 23.4. The van der Waals surface area contributed by atoms with Crippen LogP contribution >= 0.6 is 0 Å². The van der Waals surface area contributed by atoms with Gasteiger partial charge in [-0.3, -0.25) is 4.68 Å². The molecule has 0 radical (unpaired) electrons. The second kappa shape index (κ2) is 6.06. The second-order valence-corrected chi connectivity index (χ2v) is 5.17. The molecule has 0 saturated carbocycles. The van der Waals surface area contributed by atoms with Crippen molar-refractivity contribution in [3.8, 4) is 0 Å². The van der Waals surface area contributed by atoms with Gasteiger partial charge in [0.05, 0.1) is 18.4 Å². The second-order valence-electron chi connectivity index (χ2n) is 5.17. The first-order chi connectivity index (χ1) is 9.04. The molecule has 2 amide bonds. The zero-order chi connectivity index (χ0) is 13.8. The Hall–Kier alpha value is -1.56. The molecule has 2 heterocycles. The van der Waals surface area contributed by atoms with E-state index in [4.69, 9.17) is 4.74 Å². The Bertz CT molecular complexity index is 422. The van der Waals surface area contributed by atoms with E-state index in [1.165, 1.54) is 0 Å². The fourth-order valence-electron chi connectivity index (χ4n) is 2.37. The molecule has 6 heteroatoms. The molecule has 0 unspecified atom stereocenters. The Morgan fingerprint density at radius 2 is 2.16 bits per heavy atom. The first kappa shape index (κ1) is 13.9. The van der Waals surface area contributed by atoms with Crippen LogP contribution in [0.5, 0.6) is 0 Å². The monoisotopic (exact) mass is 266 g/mol. The van der Waals surface area contributed by atoms with Crippen LogP contribution in [0.2, 0.25) is 0 Å². The lowest BCUT2D eigenvalue weighted by Crippen LogP contribution is -2.51. The number of aromatic nitrogens is 2. The van der Waals surface area contributed by atoms with E-state index in [0.29, 0.717) is 19.6 Å². The maximum Gasteiger partial charge on any atom is 0.317 e. The van der Waals surface area contributed by atoms with Crippen molar-refractivity contribution >= 4 is 6.03 Å². The van der Waals surface area contributed by atoms with Gasteiger partial charge >= 0.3 is 6.03 Å². The molecular formula is C13H22N4O2. The summed E-state index contributed by atoms with van der Waals surface area (Å²) in [7, 11) is 1.89. The Morgan fingerprint density at radius 3 is 2.74 bits per heavy atom. The van der Waals surface area contributed by atoms with Gasteiger partial charge in [0, 0.05) is 32.9 Å². The first-order valence-corrected chi connectivity index (χ1v) is 6.70. The molecule has 1 aromatic heterocycles. The molecular weight excluding hydrogens is 244 g/mol. The maximum atomic E-state index is 12.0. The minimum absolute atomic E-state index is 0.00843. The van der Waals surface area contributed by atoms with Gasteiger partial charge in [0.1, 0.15) is 0 Å². The largest absolute Gasteiger partial charge is 0.372 e. The van der Waals surface area contributed by atoms with Crippen LogP contribution in [0.15, 0.2) is 12.4 Å². The standard InChI is InChI=1S/C13H22N4O2/c1-10-7-17(8-11(2)19-10)13(18)14-5-4-12-6-15-16(3)9-12/h6,9-11H,4-5,7-8H2,1-3H3,(H,14,18)/t10-,11-/m0/s1. The fourth-order valence-corrected chi connectivity index (χ4v) is 2.37. The van der Waals surface area contributed by atoms with E-state index in [0.717, 1.165) is 12.0 Å². The minimum Gasteiger partial charge on any atom is -0.372 e. The number of amides is 2. The van der Waals surface area contributed by atoms with Crippen molar-refractivity contribution in [1.29, 1.82) is 0 Å². The van der Waals surface area contributed by atoms with Crippen LogP contribution in [-0.4, -0.2) is 52.6 Å². The molecule has 1 fully saturated rings. The van der Waals surface area contributed by atoms with Crippen molar-refractivity contribution in [2.45, 2.75) is 32.5 Å². The van der Waals surface area contributed by atoms with E-state index in [2.05, 4.69) is 10.4 Å². The van der Waals surface area contributed by atoms with Crippen molar-refractivity contribution in [3.05, 3.63) is 18.0 Å². The quantitative estimate of drug-likeness (QED) is 0.879. The number of hydrogen-bond acceptors (Lipinski definition) is 3. The van der Waals surface area contributed by atoms with E-state index >= 15 is 0 Å². The summed E-state index contributed by atoms with van der Waals surface area (Å²) in [5, 5.41) is 7.05. The number of nitrogens with one attached hydrogen (secondary N) is 1. The summed E-state index contributed by atoms with van der Waals surface area (Å²) in [6.07, 6.45) is 4.80. The van der Waals surface area contributed by atoms with Crippen molar-refractivity contribution in [3.63, 3.8) is 0 Å². The van der Waals surface area contributed by atoms with Gasteiger partial charge in [-0.1, -0.05) is 0 Å². The SMILES string of the molecule is C[C@H]1CN(C(=O)NCCc2cnn(C)c2)C[C@H](C)O1. The van der Waals surface area contributed by atoms with Crippen LogP contribution in [0.25, 0.3) is 0 Å². The smallest absolute Gasteiger partial charge is 0.317 e. The average Bonchev–Trinajstić information content (AvgIpc) is 2.73. The lowest BCUT2D eigenvalue weighted by Gasteiger charge is -2.35. The number of urea groups is 1. The summed E-state index contributed by atoms with van der Waals surface area (Å²) in [6, 6.07) is -0.00843. The Kier molecular flexibility index (Phi) is 4.42. The van der Waals surface area contributed by atoms with Gasteiger partial charge in [0.15, 0.2) is 0 Å². The topological polar surface area (TPSA) is 59.4 Å². The van der Waals surface area contributed by atoms with E-state index < -0.39 is 0 Å². The average molecular weight is 266 g/mol. The number of nitrogens with zero attached hydrogens (tertiary/aromatic N) is 3. The van der Waals surface area contributed by atoms with Crippen molar-refractivity contribution in [2.75, 3.05) is 19.6 Å². The zero-order valence-electron chi connectivity index (χ0n) is 11.8. The van der Waals surface area contributed by atoms with Crippen LogP contribution in [0, 0.1) is 0 Å². The molecule has 1 N–H and O–H groups in total. The Morgan fingerprint density at radius 1 is 1.47 bits per heavy atom. The summed E-state index contributed by atoms with van der Waals surface area (Å²) < 4.78 is 7.38. The number of hydrogen-bond donors (Lipinski definition) is 1. The third-order valence-electron chi connectivity index (χ3n) is 3.16. The highest BCUT2D eigenvalue weighted by molar-refractivity contribution is 5.74. The van der Waals surface area contributed by atoms with E-state index in [1.54, 1.807) is 4.68 Å². The molecule has 0 aliphatic carbocycles. The lowest BCUT2D eigenvalue weighted by molar-refractivity contribution is -0.0544. The number of carbonyl (C=O) groups is 1. The number of carbonyl (C=O) groups excluding carboxylic acids is 1. The molecule has 2 rings (SSSR count). The molecule has 0 bridgehead atoms. The molecule has 2 atom stereocenters. The Labute approximate surface area is 113 Å².